The van der Waals surface area contributed by atoms with Gasteiger partial charge in [-0.1, -0.05) is 60.7 Å². The molecule has 1 N–H and O–H groups in total. The first-order valence-electron chi connectivity index (χ1n) is 5.54. The van der Waals surface area contributed by atoms with Crippen molar-refractivity contribution in [2.45, 2.75) is 12.8 Å². The summed E-state index contributed by atoms with van der Waals surface area (Å²) in [6.45, 7) is 1.58. The third-order valence-electron chi connectivity index (χ3n) is 2.81. The molecule has 0 aliphatic rings. The van der Waals surface area contributed by atoms with Gasteiger partial charge in [0.2, 0.25) is 0 Å². The fourth-order valence-corrected chi connectivity index (χ4v) is 4.27. The molecular formula is C14H15O2P. The second-order valence-electron chi connectivity index (χ2n) is 3.96. The summed E-state index contributed by atoms with van der Waals surface area (Å²) in [4.78, 5) is 0. The molecule has 0 heterocycles. The molecule has 0 radical (unpaired) electrons. The lowest BCUT2D eigenvalue weighted by atomic mass is 10.4. The van der Waals surface area contributed by atoms with Crippen molar-refractivity contribution in [3.63, 3.8) is 0 Å². The van der Waals surface area contributed by atoms with E-state index >= 15 is 0 Å². The van der Waals surface area contributed by atoms with E-state index in [1.54, 1.807) is 31.2 Å². The Morgan fingerprint density at radius 2 is 1.24 bits per heavy atom. The van der Waals surface area contributed by atoms with E-state index in [-0.39, 0.29) is 0 Å². The molecule has 0 aromatic heterocycles. The lowest BCUT2D eigenvalue weighted by Crippen LogP contribution is -2.23. The summed E-state index contributed by atoms with van der Waals surface area (Å²) in [5.74, 6) is -0.882. The van der Waals surface area contributed by atoms with Crippen molar-refractivity contribution in [1.82, 2.24) is 0 Å². The van der Waals surface area contributed by atoms with E-state index in [9.17, 15) is 9.67 Å². The molecule has 17 heavy (non-hydrogen) atoms. The van der Waals surface area contributed by atoms with E-state index in [1.807, 2.05) is 36.4 Å². The molecule has 1 atom stereocenters. The average Bonchev–Trinajstić information content (AvgIpc) is 2.39. The van der Waals surface area contributed by atoms with Crippen molar-refractivity contribution in [3.05, 3.63) is 60.7 Å². The van der Waals surface area contributed by atoms with Crippen LogP contribution in [0, 0.1) is 0 Å². The molecule has 0 amide bonds. The molecule has 0 saturated heterocycles. The second kappa shape index (κ2) is 4.87. The van der Waals surface area contributed by atoms with E-state index in [0.29, 0.717) is 10.6 Å². The summed E-state index contributed by atoms with van der Waals surface area (Å²) < 4.78 is 13.1. The highest BCUT2D eigenvalue weighted by atomic mass is 31.2. The molecule has 0 aliphatic heterocycles. The predicted octanol–water partition coefficient (Wildman–Crippen LogP) is 2.34. The SMILES string of the molecule is C[C@@H](O)P(=O)(c1ccccc1)c1ccccc1. The van der Waals surface area contributed by atoms with Gasteiger partial charge in [-0.2, -0.15) is 0 Å². The topological polar surface area (TPSA) is 37.3 Å². The Balaban J connectivity index is 2.60. The smallest absolute Gasteiger partial charge is 0.169 e. The highest BCUT2D eigenvalue weighted by Crippen LogP contribution is 2.46. The zero-order valence-electron chi connectivity index (χ0n) is 9.65. The van der Waals surface area contributed by atoms with Crippen molar-refractivity contribution < 1.29 is 9.67 Å². The van der Waals surface area contributed by atoms with Crippen LogP contribution in [0.5, 0.6) is 0 Å². The number of hydrogen-bond donors (Lipinski definition) is 1. The summed E-state index contributed by atoms with van der Waals surface area (Å²) in [5.41, 5.74) is 0. The maximum Gasteiger partial charge on any atom is 0.169 e. The number of hydrogen-bond acceptors (Lipinski definition) is 2. The maximum absolute atomic E-state index is 13.1. The van der Waals surface area contributed by atoms with Gasteiger partial charge in [0, 0.05) is 10.6 Å². The molecule has 2 aromatic carbocycles. The molecule has 0 aliphatic carbocycles. The van der Waals surface area contributed by atoms with Crippen molar-refractivity contribution in [3.8, 4) is 0 Å². The second-order valence-corrected chi connectivity index (χ2v) is 7.06. The summed E-state index contributed by atoms with van der Waals surface area (Å²) >= 11 is 0. The molecule has 2 aromatic rings. The summed E-state index contributed by atoms with van der Waals surface area (Å²) in [6, 6.07) is 18.3. The van der Waals surface area contributed by atoms with Gasteiger partial charge in [0.1, 0.15) is 5.85 Å². The minimum atomic E-state index is -2.94. The summed E-state index contributed by atoms with van der Waals surface area (Å²) in [5, 5.41) is 11.3. The zero-order valence-corrected chi connectivity index (χ0v) is 10.5. The van der Waals surface area contributed by atoms with Crippen molar-refractivity contribution >= 4 is 17.8 Å². The van der Waals surface area contributed by atoms with Gasteiger partial charge in [0.05, 0.1) is 0 Å². The minimum Gasteiger partial charge on any atom is -0.385 e. The molecule has 0 spiro atoms. The fourth-order valence-electron chi connectivity index (χ4n) is 1.88. The van der Waals surface area contributed by atoms with Gasteiger partial charge in [-0.15, -0.1) is 0 Å². The molecule has 0 fully saturated rings. The van der Waals surface area contributed by atoms with Gasteiger partial charge in [-0.3, -0.25) is 0 Å². The first-order valence-corrected chi connectivity index (χ1v) is 7.32. The van der Waals surface area contributed by atoms with Crippen LogP contribution < -0.4 is 10.6 Å². The third kappa shape index (κ3) is 2.19. The molecule has 0 bridgehead atoms. The number of aliphatic hydroxyl groups excluding tert-OH is 1. The maximum atomic E-state index is 13.1. The third-order valence-corrected chi connectivity index (χ3v) is 5.99. The first kappa shape index (κ1) is 12.1. The van der Waals surface area contributed by atoms with E-state index in [4.69, 9.17) is 0 Å². The Morgan fingerprint density at radius 3 is 1.53 bits per heavy atom. The number of rotatable bonds is 3. The molecule has 88 valence electrons. The monoisotopic (exact) mass is 246 g/mol. The molecule has 0 saturated carbocycles. The van der Waals surface area contributed by atoms with Crippen LogP contribution in [-0.2, 0) is 4.57 Å². The van der Waals surface area contributed by atoms with Gasteiger partial charge < -0.3 is 9.67 Å². The molecular weight excluding hydrogens is 231 g/mol. The van der Waals surface area contributed by atoms with Gasteiger partial charge >= 0.3 is 0 Å². The summed E-state index contributed by atoms with van der Waals surface area (Å²) in [7, 11) is -2.94. The van der Waals surface area contributed by atoms with Crippen LogP contribution in [0.1, 0.15) is 6.92 Å². The number of aliphatic hydroxyl groups is 1. The Labute approximate surface area is 101 Å². The molecule has 0 unspecified atom stereocenters. The van der Waals surface area contributed by atoms with Crippen LogP contribution in [0.15, 0.2) is 60.7 Å². The Morgan fingerprint density at radius 1 is 0.882 bits per heavy atom. The van der Waals surface area contributed by atoms with Crippen molar-refractivity contribution in [2.24, 2.45) is 0 Å². The highest BCUT2D eigenvalue weighted by Gasteiger charge is 2.32. The predicted molar refractivity (Wildman–Crippen MR) is 71.4 cm³/mol. The van der Waals surface area contributed by atoms with Crippen LogP contribution in [0.4, 0.5) is 0 Å². The van der Waals surface area contributed by atoms with Crippen LogP contribution >= 0.6 is 7.14 Å². The van der Waals surface area contributed by atoms with Gasteiger partial charge in [-0.25, -0.2) is 0 Å². The first-order chi connectivity index (χ1) is 8.15. The Kier molecular flexibility index (Phi) is 3.46. The van der Waals surface area contributed by atoms with Crippen LogP contribution in [0.3, 0.4) is 0 Å². The van der Waals surface area contributed by atoms with Crippen molar-refractivity contribution in [2.75, 3.05) is 0 Å². The molecule has 3 heteroatoms. The van der Waals surface area contributed by atoms with Gasteiger partial charge in [0.25, 0.3) is 0 Å². The minimum absolute atomic E-state index is 0.696. The Hall–Kier alpha value is -1.37. The Bertz CT molecular complexity index is 477. The van der Waals surface area contributed by atoms with Crippen LogP contribution in [-0.4, -0.2) is 11.0 Å². The van der Waals surface area contributed by atoms with Gasteiger partial charge in [-0.05, 0) is 6.92 Å². The largest absolute Gasteiger partial charge is 0.385 e. The van der Waals surface area contributed by atoms with E-state index in [0.717, 1.165) is 0 Å². The average molecular weight is 246 g/mol. The van der Waals surface area contributed by atoms with Crippen molar-refractivity contribution in [1.29, 1.82) is 0 Å². The lowest BCUT2D eigenvalue weighted by Gasteiger charge is -2.21. The van der Waals surface area contributed by atoms with Crippen LogP contribution in [0.2, 0.25) is 0 Å². The number of benzene rings is 2. The highest BCUT2D eigenvalue weighted by molar-refractivity contribution is 7.79. The normalized spacial score (nSPS) is 13.3. The van der Waals surface area contributed by atoms with E-state index < -0.39 is 13.0 Å². The summed E-state index contributed by atoms with van der Waals surface area (Å²) in [6.07, 6.45) is 0. The fraction of sp³-hybridized carbons (Fsp3) is 0.143. The molecule has 2 nitrogen and oxygen atoms in total. The quantitative estimate of drug-likeness (QED) is 0.844. The lowest BCUT2D eigenvalue weighted by molar-refractivity contribution is 0.271. The van der Waals surface area contributed by atoms with Crippen LogP contribution in [0.25, 0.3) is 0 Å². The molecule has 2 rings (SSSR count). The van der Waals surface area contributed by atoms with E-state index in [1.165, 1.54) is 0 Å². The van der Waals surface area contributed by atoms with Gasteiger partial charge in [0.15, 0.2) is 7.14 Å². The van der Waals surface area contributed by atoms with E-state index in [2.05, 4.69) is 0 Å². The standard InChI is InChI=1S/C14H15O2P/c1-12(15)17(16,13-8-4-2-5-9-13)14-10-6-3-7-11-14/h2-12,15H,1H3/t12-/m0/s1. The zero-order chi connectivity index (χ0) is 12.3.